The third-order valence-corrected chi connectivity index (χ3v) is 3.79. The minimum absolute atomic E-state index is 0.0574. The van der Waals surface area contributed by atoms with E-state index in [2.05, 4.69) is 10.2 Å². The monoisotopic (exact) mass is 289 g/mol. The number of aromatic nitrogens is 4. The Hall–Kier alpha value is -2.15. The van der Waals surface area contributed by atoms with Crippen LogP contribution in [0, 0.1) is 6.92 Å². The number of hydrogen-bond donors (Lipinski definition) is 1. The highest BCUT2D eigenvalue weighted by Crippen LogP contribution is 2.14. The van der Waals surface area contributed by atoms with Crippen LogP contribution in [0.1, 0.15) is 23.5 Å². The molecule has 21 heavy (non-hydrogen) atoms. The number of fused-ring (bicyclic) bond motifs is 1. The summed E-state index contributed by atoms with van der Waals surface area (Å²) >= 11 is 0. The van der Waals surface area contributed by atoms with Gasteiger partial charge in [-0.2, -0.15) is 10.2 Å². The molecule has 0 aliphatic carbocycles. The van der Waals surface area contributed by atoms with Gasteiger partial charge in [-0.15, -0.1) is 0 Å². The Labute approximate surface area is 122 Å². The molecule has 0 atom stereocenters. The Morgan fingerprint density at radius 1 is 1.43 bits per heavy atom. The lowest BCUT2D eigenvalue weighted by atomic mass is 10.3. The molecule has 3 heterocycles. The van der Waals surface area contributed by atoms with Crippen LogP contribution in [-0.4, -0.2) is 42.0 Å². The average Bonchev–Trinajstić information content (AvgIpc) is 2.99. The molecule has 1 N–H and O–H groups in total. The molecule has 1 aliphatic rings. The first kappa shape index (κ1) is 13.8. The highest BCUT2D eigenvalue weighted by molar-refractivity contribution is 5.76. The lowest BCUT2D eigenvalue weighted by Crippen LogP contribution is -2.34. The molecule has 2 aromatic rings. The van der Waals surface area contributed by atoms with Crippen LogP contribution < -0.4 is 0 Å². The lowest BCUT2D eigenvalue weighted by Gasteiger charge is -2.20. The number of nitrogens with zero attached hydrogens (tertiary/aromatic N) is 5. The SMILES string of the molecule is Cc1ccnn1CC(=O)N1CCCn2nc(CO)cc2C1. The molecule has 0 fully saturated rings. The molecule has 1 aliphatic heterocycles. The molecule has 0 spiro atoms. The van der Waals surface area contributed by atoms with Crippen molar-refractivity contribution in [1.82, 2.24) is 24.5 Å². The quantitative estimate of drug-likeness (QED) is 0.882. The fourth-order valence-corrected chi connectivity index (χ4v) is 2.60. The number of aryl methyl sites for hydroxylation is 2. The topological polar surface area (TPSA) is 76.2 Å². The smallest absolute Gasteiger partial charge is 0.244 e. The third-order valence-electron chi connectivity index (χ3n) is 3.79. The molecule has 0 aromatic carbocycles. The Bertz CT molecular complexity index is 646. The van der Waals surface area contributed by atoms with Crippen LogP contribution in [0.4, 0.5) is 0 Å². The number of amides is 1. The van der Waals surface area contributed by atoms with Crippen molar-refractivity contribution in [2.45, 2.75) is 39.6 Å². The lowest BCUT2D eigenvalue weighted by molar-refractivity contribution is -0.132. The van der Waals surface area contributed by atoms with E-state index in [9.17, 15) is 4.79 Å². The molecular weight excluding hydrogens is 270 g/mol. The van der Waals surface area contributed by atoms with E-state index in [1.54, 1.807) is 10.9 Å². The van der Waals surface area contributed by atoms with Gasteiger partial charge in [0.1, 0.15) is 6.54 Å². The second-order valence-corrected chi connectivity index (χ2v) is 5.31. The molecule has 0 bridgehead atoms. The normalized spacial score (nSPS) is 14.9. The van der Waals surface area contributed by atoms with E-state index < -0.39 is 0 Å². The molecular formula is C14H19N5O2. The molecule has 7 nitrogen and oxygen atoms in total. The van der Waals surface area contributed by atoms with Crippen molar-refractivity contribution >= 4 is 5.91 Å². The molecule has 0 unspecified atom stereocenters. The summed E-state index contributed by atoms with van der Waals surface area (Å²) in [6.45, 7) is 4.16. The van der Waals surface area contributed by atoms with Crippen LogP contribution >= 0.6 is 0 Å². The summed E-state index contributed by atoms with van der Waals surface area (Å²) in [6, 6.07) is 3.75. The largest absolute Gasteiger partial charge is 0.390 e. The minimum Gasteiger partial charge on any atom is -0.390 e. The summed E-state index contributed by atoms with van der Waals surface area (Å²) in [4.78, 5) is 14.3. The van der Waals surface area contributed by atoms with Crippen LogP contribution in [0.5, 0.6) is 0 Å². The predicted molar refractivity (Wildman–Crippen MR) is 75.1 cm³/mol. The zero-order chi connectivity index (χ0) is 14.8. The highest BCUT2D eigenvalue weighted by atomic mass is 16.3. The highest BCUT2D eigenvalue weighted by Gasteiger charge is 2.21. The zero-order valence-corrected chi connectivity index (χ0v) is 12.1. The fourth-order valence-electron chi connectivity index (χ4n) is 2.60. The van der Waals surface area contributed by atoms with E-state index in [1.807, 2.05) is 28.6 Å². The molecule has 7 heteroatoms. The van der Waals surface area contributed by atoms with Crippen LogP contribution in [0.15, 0.2) is 18.3 Å². The van der Waals surface area contributed by atoms with Gasteiger partial charge in [0.15, 0.2) is 0 Å². The van der Waals surface area contributed by atoms with Gasteiger partial charge >= 0.3 is 0 Å². The Morgan fingerprint density at radius 3 is 3.00 bits per heavy atom. The van der Waals surface area contributed by atoms with Gasteiger partial charge in [0, 0.05) is 25.0 Å². The van der Waals surface area contributed by atoms with Crippen LogP contribution in [0.3, 0.4) is 0 Å². The molecule has 0 radical (unpaired) electrons. The van der Waals surface area contributed by atoms with Gasteiger partial charge in [0.25, 0.3) is 0 Å². The summed E-state index contributed by atoms with van der Waals surface area (Å²) in [7, 11) is 0. The number of carbonyl (C=O) groups excluding carboxylic acids is 1. The van der Waals surface area contributed by atoms with Crippen LogP contribution in [0.2, 0.25) is 0 Å². The molecule has 3 rings (SSSR count). The van der Waals surface area contributed by atoms with Gasteiger partial charge in [0.2, 0.25) is 5.91 Å². The van der Waals surface area contributed by atoms with Gasteiger partial charge < -0.3 is 10.0 Å². The Kier molecular flexibility index (Phi) is 3.74. The van der Waals surface area contributed by atoms with Gasteiger partial charge in [-0.25, -0.2) is 0 Å². The van der Waals surface area contributed by atoms with Crippen molar-refractivity contribution in [2.75, 3.05) is 6.54 Å². The van der Waals surface area contributed by atoms with Crippen molar-refractivity contribution in [3.8, 4) is 0 Å². The van der Waals surface area contributed by atoms with Crippen molar-refractivity contribution in [2.24, 2.45) is 0 Å². The predicted octanol–water partition coefficient (Wildman–Crippen LogP) is 0.313. The first-order valence-electron chi connectivity index (χ1n) is 7.10. The second-order valence-electron chi connectivity index (χ2n) is 5.31. The zero-order valence-electron chi connectivity index (χ0n) is 12.1. The minimum atomic E-state index is -0.0690. The van der Waals surface area contributed by atoms with Crippen molar-refractivity contribution in [1.29, 1.82) is 0 Å². The van der Waals surface area contributed by atoms with Crippen molar-refractivity contribution in [3.63, 3.8) is 0 Å². The molecule has 0 saturated heterocycles. The molecule has 2 aromatic heterocycles. The fraction of sp³-hybridized carbons (Fsp3) is 0.500. The number of hydrogen-bond acceptors (Lipinski definition) is 4. The first-order chi connectivity index (χ1) is 10.2. The average molecular weight is 289 g/mol. The van der Waals surface area contributed by atoms with Crippen LogP contribution in [0.25, 0.3) is 0 Å². The summed E-state index contributed by atoms with van der Waals surface area (Å²) in [5.41, 5.74) is 2.61. The van der Waals surface area contributed by atoms with E-state index in [4.69, 9.17) is 5.11 Å². The van der Waals surface area contributed by atoms with E-state index in [1.165, 1.54) is 0 Å². The summed E-state index contributed by atoms with van der Waals surface area (Å²) in [6.07, 6.45) is 2.57. The Balaban J connectivity index is 1.73. The van der Waals surface area contributed by atoms with E-state index in [0.717, 1.165) is 30.9 Å². The van der Waals surface area contributed by atoms with Gasteiger partial charge in [-0.05, 0) is 25.5 Å². The van der Waals surface area contributed by atoms with E-state index in [0.29, 0.717) is 12.2 Å². The second kappa shape index (κ2) is 5.69. The van der Waals surface area contributed by atoms with Crippen LogP contribution in [-0.2, 0) is 31.0 Å². The van der Waals surface area contributed by atoms with E-state index >= 15 is 0 Å². The molecule has 0 saturated carbocycles. The third kappa shape index (κ3) is 2.82. The van der Waals surface area contributed by atoms with E-state index in [-0.39, 0.29) is 19.1 Å². The number of aliphatic hydroxyl groups excluding tert-OH is 1. The summed E-state index contributed by atoms with van der Waals surface area (Å²) < 4.78 is 3.60. The van der Waals surface area contributed by atoms with Crippen molar-refractivity contribution < 1.29 is 9.90 Å². The maximum absolute atomic E-state index is 12.4. The van der Waals surface area contributed by atoms with Crippen molar-refractivity contribution in [3.05, 3.63) is 35.4 Å². The number of aliphatic hydroxyl groups is 1. The van der Waals surface area contributed by atoms with Gasteiger partial charge in [-0.1, -0.05) is 0 Å². The maximum atomic E-state index is 12.4. The van der Waals surface area contributed by atoms with Gasteiger partial charge in [-0.3, -0.25) is 14.2 Å². The maximum Gasteiger partial charge on any atom is 0.244 e. The number of rotatable bonds is 3. The first-order valence-corrected chi connectivity index (χ1v) is 7.10. The standard InChI is InChI=1S/C14H19N5O2/c1-11-3-4-15-19(11)9-14(21)17-5-2-6-18-13(8-17)7-12(10-20)16-18/h3-4,7,20H,2,5-6,8-10H2,1H3. The summed E-state index contributed by atoms with van der Waals surface area (Å²) in [5, 5.41) is 17.6. The van der Waals surface area contributed by atoms with Gasteiger partial charge in [0.05, 0.1) is 24.5 Å². The molecule has 112 valence electrons. The summed E-state index contributed by atoms with van der Waals surface area (Å²) in [5.74, 6) is 0.0574. The molecule has 1 amide bonds. The Morgan fingerprint density at radius 2 is 2.29 bits per heavy atom. The number of carbonyl (C=O) groups is 1.